The normalized spacial score (nSPS) is 12.0. The van der Waals surface area contributed by atoms with Crippen LogP contribution >= 0.6 is 0 Å². The zero-order chi connectivity index (χ0) is 22.7. The van der Waals surface area contributed by atoms with E-state index in [-0.39, 0.29) is 36.8 Å². The van der Waals surface area contributed by atoms with Crippen LogP contribution in [0.25, 0.3) is 0 Å². The van der Waals surface area contributed by atoms with E-state index in [0.29, 0.717) is 18.9 Å². The van der Waals surface area contributed by atoms with Crippen LogP contribution in [0.3, 0.4) is 0 Å². The summed E-state index contributed by atoms with van der Waals surface area (Å²) in [7, 11) is 0. The molecule has 0 N–H and O–H groups in total. The third kappa shape index (κ3) is 21.2. The largest absolute Gasteiger partial charge is 0.465 e. The zero-order valence-electron chi connectivity index (χ0n) is 20.3. The predicted octanol–water partition coefficient (Wildman–Crippen LogP) is 6.85. The number of carbonyl (C=O) groups is 2. The van der Waals surface area contributed by atoms with Crippen molar-refractivity contribution in [2.45, 2.75) is 118 Å². The third-order valence-corrected chi connectivity index (χ3v) is 4.84. The van der Waals surface area contributed by atoms with Crippen molar-refractivity contribution in [3.05, 3.63) is 0 Å². The second-order valence-electron chi connectivity index (χ2n) is 9.65. The van der Waals surface area contributed by atoms with Gasteiger partial charge in [-0.15, -0.1) is 0 Å². The molecule has 0 aliphatic rings. The number of rotatable bonds is 16. The summed E-state index contributed by atoms with van der Waals surface area (Å²) in [5.41, 5.74) is 0.229. The van der Waals surface area contributed by atoms with Crippen molar-refractivity contribution in [1.29, 1.82) is 0 Å². The Labute approximate surface area is 185 Å². The van der Waals surface area contributed by atoms with Crippen LogP contribution < -0.4 is 0 Å². The Kier molecular flexibility index (Phi) is 17.4. The number of ether oxygens (including phenoxy) is 2. The molecule has 0 heterocycles. The fraction of sp³-hybridized carbons (Fsp3) is 0.846. The van der Waals surface area contributed by atoms with E-state index in [1.807, 2.05) is 0 Å². The minimum Gasteiger partial charge on any atom is -0.465 e. The lowest BCUT2D eigenvalue weighted by Gasteiger charge is -2.22. The van der Waals surface area contributed by atoms with Gasteiger partial charge in [-0.25, -0.2) is 0 Å². The van der Waals surface area contributed by atoms with Gasteiger partial charge < -0.3 is 9.47 Å². The molecular weight excluding hydrogens is 376 g/mol. The SMILES string of the molecule is CCCCCCCCCCC#CCOC(=O)CCCC(=O)OCC(C)CC(C)(C)C. The summed E-state index contributed by atoms with van der Waals surface area (Å²) in [6.07, 6.45) is 13.1. The van der Waals surface area contributed by atoms with E-state index in [9.17, 15) is 9.59 Å². The number of hydrogen-bond donors (Lipinski definition) is 0. The number of unbranched alkanes of at least 4 members (excludes halogenated alkanes) is 8. The fourth-order valence-electron chi connectivity index (χ4n) is 3.46. The van der Waals surface area contributed by atoms with Crippen molar-refractivity contribution in [3.8, 4) is 11.8 Å². The van der Waals surface area contributed by atoms with Crippen molar-refractivity contribution in [2.24, 2.45) is 11.3 Å². The maximum atomic E-state index is 11.8. The molecule has 174 valence electrons. The molecule has 1 unspecified atom stereocenters. The van der Waals surface area contributed by atoms with Crippen molar-refractivity contribution >= 4 is 11.9 Å². The summed E-state index contributed by atoms with van der Waals surface area (Å²) in [6.45, 7) is 11.4. The van der Waals surface area contributed by atoms with E-state index in [1.165, 1.54) is 44.9 Å². The Morgan fingerprint density at radius 3 is 1.97 bits per heavy atom. The second-order valence-corrected chi connectivity index (χ2v) is 9.65. The fourth-order valence-corrected chi connectivity index (χ4v) is 3.46. The van der Waals surface area contributed by atoms with E-state index >= 15 is 0 Å². The summed E-state index contributed by atoms with van der Waals surface area (Å²) in [4.78, 5) is 23.5. The van der Waals surface area contributed by atoms with Gasteiger partial charge in [0.05, 0.1) is 6.61 Å². The first kappa shape index (κ1) is 28.5. The molecule has 0 aromatic heterocycles. The Bertz CT molecular complexity index is 507. The Balaban J connectivity index is 3.57. The van der Waals surface area contributed by atoms with E-state index in [4.69, 9.17) is 9.47 Å². The van der Waals surface area contributed by atoms with Crippen molar-refractivity contribution < 1.29 is 19.1 Å². The first-order chi connectivity index (χ1) is 14.2. The first-order valence-electron chi connectivity index (χ1n) is 12.0. The lowest BCUT2D eigenvalue weighted by molar-refractivity contribution is -0.146. The van der Waals surface area contributed by atoms with Gasteiger partial charge in [-0.05, 0) is 30.6 Å². The molecule has 0 radical (unpaired) electrons. The monoisotopic (exact) mass is 422 g/mol. The molecule has 0 aliphatic carbocycles. The van der Waals surface area contributed by atoms with E-state index < -0.39 is 0 Å². The molecule has 4 heteroatoms. The highest BCUT2D eigenvalue weighted by Crippen LogP contribution is 2.24. The van der Waals surface area contributed by atoms with Gasteiger partial charge in [0, 0.05) is 19.3 Å². The van der Waals surface area contributed by atoms with E-state index in [0.717, 1.165) is 19.3 Å². The minimum atomic E-state index is -0.301. The van der Waals surface area contributed by atoms with Crippen LogP contribution in [0.15, 0.2) is 0 Å². The van der Waals surface area contributed by atoms with Gasteiger partial charge >= 0.3 is 11.9 Å². The van der Waals surface area contributed by atoms with Gasteiger partial charge in [0.1, 0.15) is 0 Å². The summed E-state index contributed by atoms with van der Waals surface area (Å²) < 4.78 is 10.4. The quantitative estimate of drug-likeness (QED) is 0.155. The first-order valence-corrected chi connectivity index (χ1v) is 12.0. The van der Waals surface area contributed by atoms with Crippen molar-refractivity contribution in [3.63, 3.8) is 0 Å². The Hall–Kier alpha value is -1.50. The highest BCUT2D eigenvalue weighted by Gasteiger charge is 2.16. The molecule has 1 atom stereocenters. The van der Waals surface area contributed by atoms with E-state index in [1.54, 1.807) is 0 Å². The van der Waals surface area contributed by atoms with Crippen LogP contribution in [0.2, 0.25) is 0 Å². The number of carbonyl (C=O) groups excluding carboxylic acids is 2. The number of esters is 2. The van der Waals surface area contributed by atoms with Gasteiger partial charge in [-0.3, -0.25) is 9.59 Å². The van der Waals surface area contributed by atoms with E-state index in [2.05, 4.69) is 46.5 Å². The molecule has 4 nitrogen and oxygen atoms in total. The lowest BCUT2D eigenvalue weighted by Crippen LogP contribution is -2.17. The van der Waals surface area contributed by atoms with Crippen LogP contribution in [0.5, 0.6) is 0 Å². The number of hydrogen-bond acceptors (Lipinski definition) is 4. The smallest absolute Gasteiger partial charge is 0.306 e. The second kappa shape index (κ2) is 18.3. The van der Waals surface area contributed by atoms with Crippen LogP contribution in [0.1, 0.15) is 118 Å². The summed E-state index contributed by atoms with van der Waals surface area (Å²) in [5, 5.41) is 0. The standard InChI is InChI=1S/C26H46O4/c1-6-7-8-9-10-11-12-13-14-15-16-20-29-24(27)18-17-19-25(28)30-22-23(2)21-26(3,4)5/h23H,6-14,17-22H2,1-5H3. The molecule has 0 aliphatic heterocycles. The zero-order valence-corrected chi connectivity index (χ0v) is 20.3. The maximum absolute atomic E-state index is 11.8. The van der Waals surface area contributed by atoms with Crippen molar-refractivity contribution in [1.82, 2.24) is 0 Å². The molecule has 0 saturated carbocycles. The molecule has 0 fully saturated rings. The van der Waals surface area contributed by atoms with Crippen LogP contribution in [0.4, 0.5) is 0 Å². The molecule has 0 bridgehead atoms. The minimum absolute atomic E-state index is 0.143. The average molecular weight is 423 g/mol. The average Bonchev–Trinajstić information content (AvgIpc) is 2.66. The van der Waals surface area contributed by atoms with Gasteiger partial charge in [-0.1, -0.05) is 91.4 Å². The molecular formula is C26H46O4. The predicted molar refractivity (Wildman–Crippen MR) is 124 cm³/mol. The summed E-state index contributed by atoms with van der Waals surface area (Å²) in [6, 6.07) is 0. The molecule has 0 saturated heterocycles. The maximum Gasteiger partial charge on any atom is 0.306 e. The van der Waals surface area contributed by atoms with Gasteiger partial charge in [-0.2, -0.15) is 0 Å². The Morgan fingerprint density at radius 2 is 1.37 bits per heavy atom. The van der Waals surface area contributed by atoms with Crippen LogP contribution in [-0.2, 0) is 19.1 Å². The van der Waals surface area contributed by atoms with Crippen LogP contribution in [-0.4, -0.2) is 25.2 Å². The highest BCUT2D eigenvalue weighted by atomic mass is 16.5. The van der Waals surface area contributed by atoms with Gasteiger partial charge in [0.25, 0.3) is 0 Å². The summed E-state index contributed by atoms with van der Waals surface area (Å²) >= 11 is 0. The summed E-state index contributed by atoms with van der Waals surface area (Å²) in [5.74, 6) is 5.76. The lowest BCUT2D eigenvalue weighted by atomic mass is 9.86. The highest BCUT2D eigenvalue weighted by molar-refractivity contribution is 5.72. The molecule has 0 rings (SSSR count). The third-order valence-electron chi connectivity index (χ3n) is 4.84. The van der Waals surface area contributed by atoms with Gasteiger partial charge in [0.15, 0.2) is 6.61 Å². The van der Waals surface area contributed by atoms with Crippen molar-refractivity contribution in [2.75, 3.05) is 13.2 Å². The van der Waals surface area contributed by atoms with Crippen LogP contribution in [0, 0.1) is 23.2 Å². The topological polar surface area (TPSA) is 52.6 Å². The van der Waals surface area contributed by atoms with Gasteiger partial charge in [0.2, 0.25) is 0 Å². The molecule has 30 heavy (non-hydrogen) atoms. The Morgan fingerprint density at radius 1 is 0.800 bits per heavy atom. The molecule has 0 aromatic rings. The molecule has 0 aromatic carbocycles. The molecule has 0 amide bonds. The molecule has 0 spiro atoms.